The molecule has 19 heavy (non-hydrogen) atoms. The SMILES string of the molecule is CSC(SC)=C1CCC(=Cc2ccc(Cl)cc2)C1=O. The second-order valence-corrected chi connectivity index (χ2v) is 6.55. The molecule has 0 amide bonds. The molecule has 1 fully saturated rings. The molecule has 0 N–H and O–H groups in total. The number of halogens is 1. The molecular formula is C15H15ClOS2. The Morgan fingerprint density at radius 1 is 1.16 bits per heavy atom. The van der Waals surface area contributed by atoms with E-state index in [1.165, 1.54) is 0 Å². The van der Waals surface area contributed by atoms with E-state index in [0.717, 1.165) is 33.8 Å². The summed E-state index contributed by atoms with van der Waals surface area (Å²) in [5, 5.41) is 0.715. The van der Waals surface area contributed by atoms with Crippen LogP contribution in [-0.4, -0.2) is 18.3 Å². The zero-order valence-corrected chi connectivity index (χ0v) is 13.3. The third-order valence-corrected chi connectivity index (χ3v) is 5.52. The summed E-state index contributed by atoms with van der Waals surface area (Å²) >= 11 is 9.18. The Kier molecular flexibility index (Phi) is 5.20. The fraction of sp³-hybridized carbons (Fsp3) is 0.267. The molecule has 1 nitrogen and oxygen atoms in total. The summed E-state index contributed by atoms with van der Waals surface area (Å²) in [4.78, 5) is 12.4. The highest BCUT2D eigenvalue weighted by molar-refractivity contribution is 8.21. The lowest BCUT2D eigenvalue weighted by Gasteiger charge is -2.03. The highest BCUT2D eigenvalue weighted by atomic mass is 35.5. The maximum atomic E-state index is 12.4. The van der Waals surface area contributed by atoms with Crippen LogP contribution in [-0.2, 0) is 4.79 Å². The van der Waals surface area contributed by atoms with Crippen LogP contribution in [0, 0.1) is 0 Å². The molecule has 0 heterocycles. The Balaban J connectivity index is 2.27. The van der Waals surface area contributed by atoms with Crippen molar-refractivity contribution in [1.82, 2.24) is 0 Å². The van der Waals surface area contributed by atoms with E-state index in [1.54, 1.807) is 23.5 Å². The van der Waals surface area contributed by atoms with Crippen molar-refractivity contribution in [1.29, 1.82) is 0 Å². The van der Waals surface area contributed by atoms with Crippen LogP contribution in [0.15, 0.2) is 39.6 Å². The van der Waals surface area contributed by atoms with Crippen molar-refractivity contribution >= 4 is 47.0 Å². The van der Waals surface area contributed by atoms with E-state index in [2.05, 4.69) is 0 Å². The largest absolute Gasteiger partial charge is 0.289 e. The molecule has 4 heteroatoms. The molecule has 0 atom stereocenters. The van der Waals surface area contributed by atoms with E-state index in [-0.39, 0.29) is 5.78 Å². The van der Waals surface area contributed by atoms with E-state index >= 15 is 0 Å². The fourth-order valence-corrected chi connectivity index (χ4v) is 3.78. The Morgan fingerprint density at radius 2 is 1.79 bits per heavy atom. The lowest BCUT2D eigenvalue weighted by Crippen LogP contribution is -1.97. The molecule has 2 rings (SSSR count). The molecule has 0 spiro atoms. The van der Waals surface area contributed by atoms with E-state index in [9.17, 15) is 4.79 Å². The van der Waals surface area contributed by atoms with Crippen molar-refractivity contribution in [2.75, 3.05) is 12.5 Å². The van der Waals surface area contributed by atoms with E-state index in [1.807, 2.05) is 42.9 Å². The van der Waals surface area contributed by atoms with Gasteiger partial charge < -0.3 is 0 Å². The van der Waals surface area contributed by atoms with Crippen molar-refractivity contribution in [3.8, 4) is 0 Å². The zero-order valence-electron chi connectivity index (χ0n) is 10.9. The van der Waals surface area contributed by atoms with Gasteiger partial charge in [-0.3, -0.25) is 4.79 Å². The minimum Gasteiger partial charge on any atom is -0.289 e. The summed E-state index contributed by atoms with van der Waals surface area (Å²) in [7, 11) is 0. The van der Waals surface area contributed by atoms with Gasteiger partial charge in [-0.2, -0.15) is 0 Å². The number of carbonyl (C=O) groups excluding carboxylic acids is 1. The fourth-order valence-electron chi connectivity index (χ4n) is 2.10. The van der Waals surface area contributed by atoms with Gasteiger partial charge in [-0.15, -0.1) is 23.5 Å². The molecule has 1 aromatic rings. The first kappa shape index (κ1) is 14.8. The first-order valence-corrected chi connectivity index (χ1v) is 8.80. The minimum atomic E-state index is 0.202. The highest BCUT2D eigenvalue weighted by Crippen LogP contribution is 2.37. The second-order valence-electron chi connectivity index (χ2n) is 4.22. The lowest BCUT2D eigenvalue weighted by atomic mass is 10.1. The summed E-state index contributed by atoms with van der Waals surface area (Å²) in [5.41, 5.74) is 2.90. The predicted molar refractivity (Wildman–Crippen MR) is 87.7 cm³/mol. The second kappa shape index (κ2) is 6.69. The quantitative estimate of drug-likeness (QED) is 0.729. The monoisotopic (exact) mass is 310 g/mol. The summed E-state index contributed by atoms with van der Waals surface area (Å²) in [6.07, 6.45) is 7.71. The molecular weight excluding hydrogens is 296 g/mol. The molecule has 100 valence electrons. The van der Waals surface area contributed by atoms with E-state index in [4.69, 9.17) is 11.6 Å². The van der Waals surface area contributed by atoms with Gasteiger partial charge in [0.15, 0.2) is 5.78 Å². The number of benzene rings is 1. The molecule has 0 saturated heterocycles. The van der Waals surface area contributed by atoms with Gasteiger partial charge in [-0.05, 0) is 49.1 Å². The summed E-state index contributed by atoms with van der Waals surface area (Å²) in [6.45, 7) is 0. The summed E-state index contributed by atoms with van der Waals surface area (Å²) in [6, 6.07) is 7.57. The van der Waals surface area contributed by atoms with Crippen molar-refractivity contribution in [3.63, 3.8) is 0 Å². The maximum Gasteiger partial charge on any atom is 0.186 e. The Labute approximate surface area is 127 Å². The van der Waals surface area contributed by atoms with Crippen LogP contribution in [0.5, 0.6) is 0 Å². The van der Waals surface area contributed by atoms with Gasteiger partial charge in [0.25, 0.3) is 0 Å². The van der Waals surface area contributed by atoms with Crippen LogP contribution in [0.4, 0.5) is 0 Å². The molecule has 1 aliphatic rings. The third-order valence-electron chi connectivity index (χ3n) is 3.04. The van der Waals surface area contributed by atoms with E-state index < -0.39 is 0 Å². The summed E-state index contributed by atoms with van der Waals surface area (Å²) < 4.78 is 1.14. The van der Waals surface area contributed by atoms with Crippen LogP contribution < -0.4 is 0 Å². The number of hydrogen-bond donors (Lipinski definition) is 0. The van der Waals surface area contributed by atoms with Gasteiger partial charge in [0.05, 0.1) is 0 Å². The van der Waals surface area contributed by atoms with Crippen LogP contribution in [0.25, 0.3) is 6.08 Å². The molecule has 0 unspecified atom stereocenters. The number of Topliss-reactive ketones (excluding diaryl/α,β-unsaturated/α-hetero) is 1. The van der Waals surface area contributed by atoms with Crippen LogP contribution >= 0.6 is 35.1 Å². The first-order valence-electron chi connectivity index (χ1n) is 5.97. The van der Waals surface area contributed by atoms with Gasteiger partial charge in [0.1, 0.15) is 0 Å². The average Bonchev–Trinajstić information content (AvgIpc) is 2.76. The van der Waals surface area contributed by atoms with Gasteiger partial charge in [0, 0.05) is 20.4 Å². The minimum absolute atomic E-state index is 0.202. The van der Waals surface area contributed by atoms with E-state index in [0.29, 0.717) is 5.02 Å². The molecule has 0 radical (unpaired) electrons. The standard InChI is InChI=1S/C15H15ClOS2/c1-18-15(19-2)13-8-5-11(14(13)17)9-10-3-6-12(16)7-4-10/h3-4,6-7,9H,5,8H2,1-2H3. The molecule has 1 aromatic carbocycles. The number of rotatable bonds is 3. The molecule has 0 bridgehead atoms. The molecule has 0 aliphatic heterocycles. The number of hydrogen-bond acceptors (Lipinski definition) is 3. The number of carbonyl (C=O) groups is 1. The maximum absolute atomic E-state index is 12.4. The predicted octanol–water partition coefficient (Wildman–Crippen LogP) is 5.02. The number of ketones is 1. The van der Waals surface area contributed by atoms with Crippen LogP contribution in [0.3, 0.4) is 0 Å². The van der Waals surface area contributed by atoms with Crippen molar-refractivity contribution in [2.45, 2.75) is 12.8 Å². The van der Waals surface area contributed by atoms with Gasteiger partial charge >= 0.3 is 0 Å². The Morgan fingerprint density at radius 3 is 2.37 bits per heavy atom. The molecule has 0 aromatic heterocycles. The number of thioether (sulfide) groups is 2. The molecule has 1 saturated carbocycles. The highest BCUT2D eigenvalue weighted by Gasteiger charge is 2.25. The lowest BCUT2D eigenvalue weighted by molar-refractivity contribution is -0.111. The van der Waals surface area contributed by atoms with Crippen molar-refractivity contribution < 1.29 is 4.79 Å². The van der Waals surface area contributed by atoms with Crippen LogP contribution in [0.2, 0.25) is 5.02 Å². The topological polar surface area (TPSA) is 17.1 Å². The van der Waals surface area contributed by atoms with Gasteiger partial charge in [-0.25, -0.2) is 0 Å². The van der Waals surface area contributed by atoms with Gasteiger partial charge in [-0.1, -0.05) is 23.7 Å². The summed E-state index contributed by atoms with van der Waals surface area (Å²) in [5.74, 6) is 0.202. The third kappa shape index (κ3) is 3.47. The first-order chi connectivity index (χ1) is 9.15. The Bertz CT molecular complexity index is 538. The smallest absolute Gasteiger partial charge is 0.186 e. The van der Waals surface area contributed by atoms with Crippen LogP contribution in [0.1, 0.15) is 18.4 Å². The normalized spacial score (nSPS) is 17.3. The average molecular weight is 311 g/mol. The Hall–Kier alpha value is -0.640. The van der Waals surface area contributed by atoms with Gasteiger partial charge in [0.2, 0.25) is 0 Å². The number of allylic oxidation sites excluding steroid dienone is 2. The molecule has 1 aliphatic carbocycles. The zero-order chi connectivity index (χ0) is 13.8. The van der Waals surface area contributed by atoms with Crippen molar-refractivity contribution in [2.24, 2.45) is 0 Å². The van der Waals surface area contributed by atoms with Crippen molar-refractivity contribution in [3.05, 3.63) is 50.2 Å².